The molecule has 1 aromatic carbocycles. The lowest BCUT2D eigenvalue weighted by atomic mass is 10.2. The molecule has 9 heteroatoms. The first-order chi connectivity index (χ1) is 13.1. The third-order valence-corrected chi connectivity index (χ3v) is 6.91. The highest BCUT2D eigenvalue weighted by molar-refractivity contribution is 7.89. The molecule has 0 bridgehead atoms. The van der Waals surface area contributed by atoms with Crippen molar-refractivity contribution in [2.24, 2.45) is 0 Å². The van der Waals surface area contributed by atoms with E-state index in [1.807, 2.05) is 0 Å². The summed E-state index contributed by atoms with van der Waals surface area (Å²) in [6, 6.07) is 4.76. The Kier molecular flexibility index (Phi) is 5.07. The fraction of sp³-hybridized carbons (Fsp3) is 0.500. The summed E-state index contributed by atoms with van der Waals surface area (Å²) in [5, 5.41) is 0. The normalized spacial score (nSPS) is 21.7. The van der Waals surface area contributed by atoms with Crippen LogP contribution in [-0.2, 0) is 10.0 Å². The molecule has 0 unspecified atom stereocenters. The van der Waals surface area contributed by atoms with Gasteiger partial charge in [0.15, 0.2) is 11.5 Å². The summed E-state index contributed by atoms with van der Waals surface area (Å²) in [5.41, 5.74) is 0. The summed E-state index contributed by atoms with van der Waals surface area (Å²) in [5.74, 6) is 1.87. The molecular weight excluding hydrogens is 368 g/mol. The highest BCUT2D eigenvalue weighted by atomic mass is 32.2. The van der Waals surface area contributed by atoms with Gasteiger partial charge in [0.2, 0.25) is 10.0 Å². The first-order valence-corrected chi connectivity index (χ1v) is 10.7. The van der Waals surface area contributed by atoms with Crippen LogP contribution in [0.3, 0.4) is 0 Å². The Morgan fingerprint density at radius 2 is 2.04 bits per heavy atom. The number of H-pyrrole nitrogens is 1. The number of ether oxygens (including phenoxy) is 2. The molecule has 4 rings (SSSR count). The molecule has 1 aromatic heterocycles. The van der Waals surface area contributed by atoms with Crippen molar-refractivity contribution in [3.63, 3.8) is 0 Å². The molecule has 1 saturated heterocycles. The van der Waals surface area contributed by atoms with Crippen LogP contribution in [0.5, 0.6) is 11.5 Å². The van der Waals surface area contributed by atoms with Crippen LogP contribution in [0.1, 0.15) is 25.2 Å². The van der Waals surface area contributed by atoms with E-state index in [-0.39, 0.29) is 10.9 Å². The molecule has 27 heavy (non-hydrogen) atoms. The van der Waals surface area contributed by atoms with Crippen molar-refractivity contribution >= 4 is 10.0 Å². The van der Waals surface area contributed by atoms with Crippen LogP contribution >= 0.6 is 0 Å². The largest absolute Gasteiger partial charge is 0.490 e. The second-order valence-corrected chi connectivity index (χ2v) is 8.58. The van der Waals surface area contributed by atoms with E-state index in [0.717, 1.165) is 18.8 Å². The van der Waals surface area contributed by atoms with Gasteiger partial charge in [-0.1, -0.05) is 6.92 Å². The van der Waals surface area contributed by atoms with Crippen molar-refractivity contribution in [1.29, 1.82) is 0 Å². The molecule has 2 aliphatic rings. The number of aromatic nitrogens is 2. The highest BCUT2D eigenvalue weighted by Crippen LogP contribution is 2.34. The van der Waals surface area contributed by atoms with E-state index in [0.29, 0.717) is 44.3 Å². The minimum absolute atomic E-state index is 0.0889. The summed E-state index contributed by atoms with van der Waals surface area (Å²) in [6.45, 7) is 5.47. The number of benzene rings is 1. The third-order valence-electron chi connectivity index (χ3n) is 5.05. The van der Waals surface area contributed by atoms with Crippen molar-refractivity contribution in [3.05, 3.63) is 36.4 Å². The Balaban J connectivity index is 1.61. The van der Waals surface area contributed by atoms with Crippen LogP contribution in [0.15, 0.2) is 35.5 Å². The topological polar surface area (TPSA) is 87.8 Å². The standard InChI is InChI=1S/C18H24N4O4S/c1-2-21-8-9-22(13-15(21)18-19-6-7-20-18)27(23,24)14-4-5-16-17(12-14)26-11-3-10-25-16/h4-7,12,15H,2-3,8-11,13H2,1H3,(H,19,20)/t15-/m1/s1. The molecule has 1 N–H and O–H groups in total. The second kappa shape index (κ2) is 7.49. The SMILES string of the molecule is CCN1CCN(S(=O)(=O)c2ccc3c(c2)OCCCO3)C[C@@H]1c1ncc[nH]1. The summed E-state index contributed by atoms with van der Waals surface area (Å²) < 4.78 is 39.3. The van der Waals surface area contributed by atoms with Gasteiger partial charge >= 0.3 is 0 Å². The lowest BCUT2D eigenvalue weighted by Gasteiger charge is -2.39. The summed E-state index contributed by atoms with van der Waals surface area (Å²) >= 11 is 0. The van der Waals surface area contributed by atoms with E-state index >= 15 is 0 Å². The maximum Gasteiger partial charge on any atom is 0.243 e. The molecule has 1 atom stereocenters. The maximum absolute atomic E-state index is 13.2. The van der Waals surface area contributed by atoms with Gasteiger partial charge in [-0.25, -0.2) is 13.4 Å². The van der Waals surface area contributed by atoms with Gasteiger partial charge < -0.3 is 14.5 Å². The van der Waals surface area contributed by atoms with Crippen LogP contribution < -0.4 is 9.47 Å². The average molecular weight is 392 g/mol. The number of sulfonamides is 1. The minimum atomic E-state index is -3.63. The molecule has 146 valence electrons. The van der Waals surface area contributed by atoms with E-state index in [2.05, 4.69) is 21.8 Å². The Morgan fingerprint density at radius 3 is 2.78 bits per heavy atom. The molecule has 0 spiro atoms. The Bertz CT molecular complexity index is 885. The number of imidazole rings is 1. The predicted molar refractivity (Wildman–Crippen MR) is 99.4 cm³/mol. The van der Waals surface area contributed by atoms with Crippen molar-refractivity contribution in [2.45, 2.75) is 24.3 Å². The summed E-state index contributed by atoms with van der Waals surface area (Å²) in [7, 11) is -3.63. The fourth-order valence-corrected chi connectivity index (χ4v) is 5.02. The number of nitrogens with one attached hydrogen (secondary N) is 1. The number of hydrogen-bond donors (Lipinski definition) is 1. The van der Waals surface area contributed by atoms with E-state index in [4.69, 9.17) is 9.47 Å². The number of likely N-dealkylation sites (N-methyl/N-ethyl adjacent to an activating group) is 1. The van der Waals surface area contributed by atoms with Crippen molar-refractivity contribution in [1.82, 2.24) is 19.2 Å². The summed E-state index contributed by atoms with van der Waals surface area (Å²) in [4.78, 5) is 9.93. The predicted octanol–water partition coefficient (Wildman–Crippen LogP) is 1.64. The second-order valence-electron chi connectivity index (χ2n) is 6.64. The van der Waals surface area contributed by atoms with Crippen LogP contribution in [-0.4, -0.2) is 67.0 Å². The lowest BCUT2D eigenvalue weighted by molar-refractivity contribution is 0.119. The van der Waals surface area contributed by atoms with E-state index in [9.17, 15) is 8.42 Å². The fourth-order valence-electron chi connectivity index (χ4n) is 3.56. The molecule has 8 nitrogen and oxygen atoms in total. The average Bonchev–Trinajstić information content (AvgIpc) is 3.12. The molecule has 0 amide bonds. The minimum Gasteiger partial charge on any atom is -0.490 e. The lowest BCUT2D eigenvalue weighted by Crippen LogP contribution is -2.50. The zero-order valence-electron chi connectivity index (χ0n) is 15.3. The monoisotopic (exact) mass is 392 g/mol. The number of piperazine rings is 1. The van der Waals surface area contributed by atoms with E-state index < -0.39 is 10.0 Å². The first-order valence-electron chi connectivity index (χ1n) is 9.22. The molecule has 2 aromatic rings. The number of fused-ring (bicyclic) bond motifs is 1. The molecule has 0 radical (unpaired) electrons. The quantitative estimate of drug-likeness (QED) is 0.851. The van der Waals surface area contributed by atoms with Crippen LogP contribution in [0.2, 0.25) is 0 Å². The van der Waals surface area contributed by atoms with Gasteiger partial charge in [0.05, 0.1) is 24.2 Å². The van der Waals surface area contributed by atoms with Crippen LogP contribution in [0, 0.1) is 0 Å². The number of rotatable bonds is 4. The Labute approximate surface area is 159 Å². The number of aromatic amines is 1. The van der Waals surface area contributed by atoms with E-state index in [1.54, 1.807) is 30.6 Å². The van der Waals surface area contributed by atoms with Crippen LogP contribution in [0.4, 0.5) is 0 Å². The third kappa shape index (κ3) is 3.54. The van der Waals surface area contributed by atoms with Gasteiger partial charge in [-0.15, -0.1) is 0 Å². The molecule has 2 aliphatic heterocycles. The zero-order chi connectivity index (χ0) is 18.9. The Hall–Kier alpha value is -2.10. The van der Waals surface area contributed by atoms with Gasteiger partial charge in [-0.05, 0) is 18.7 Å². The summed E-state index contributed by atoms with van der Waals surface area (Å²) in [6.07, 6.45) is 4.24. The van der Waals surface area contributed by atoms with Gasteiger partial charge in [0.25, 0.3) is 0 Å². The van der Waals surface area contributed by atoms with Gasteiger partial charge in [-0.3, -0.25) is 4.90 Å². The molecule has 1 fully saturated rings. The molecular formula is C18H24N4O4S. The smallest absolute Gasteiger partial charge is 0.243 e. The zero-order valence-corrected chi connectivity index (χ0v) is 16.1. The number of nitrogens with zero attached hydrogens (tertiary/aromatic N) is 3. The van der Waals surface area contributed by atoms with Gasteiger partial charge in [0, 0.05) is 44.5 Å². The van der Waals surface area contributed by atoms with Gasteiger partial charge in [-0.2, -0.15) is 4.31 Å². The molecule has 0 aliphatic carbocycles. The van der Waals surface area contributed by atoms with Crippen molar-refractivity contribution in [3.8, 4) is 11.5 Å². The molecule has 3 heterocycles. The molecule has 0 saturated carbocycles. The van der Waals surface area contributed by atoms with Gasteiger partial charge in [0.1, 0.15) is 5.82 Å². The van der Waals surface area contributed by atoms with Crippen LogP contribution in [0.25, 0.3) is 0 Å². The van der Waals surface area contributed by atoms with Crippen molar-refractivity contribution < 1.29 is 17.9 Å². The van der Waals surface area contributed by atoms with Crippen molar-refractivity contribution in [2.75, 3.05) is 39.4 Å². The highest BCUT2D eigenvalue weighted by Gasteiger charge is 2.35. The Morgan fingerprint density at radius 1 is 1.22 bits per heavy atom. The number of hydrogen-bond acceptors (Lipinski definition) is 6. The first kappa shape index (κ1) is 18.3. The van der Waals surface area contributed by atoms with E-state index in [1.165, 1.54) is 4.31 Å². The maximum atomic E-state index is 13.2.